The number of hydrogen-bond acceptors (Lipinski definition) is 6. The zero-order valence-corrected chi connectivity index (χ0v) is 19.8. The molecule has 3 aromatic heterocycles. The predicted molar refractivity (Wildman–Crippen MR) is 129 cm³/mol. The SMILES string of the molecule is N#Cc1ccc2c(c1)[nH]c1c2c(=O)c2cc(C(F)(F)F)c(-c3cncc(OS(=O)(=O)F)c3)cc2n1C1CC1. The number of H-pyrrole nitrogens is 1. The molecule has 0 amide bonds. The molecule has 1 N–H and O–H groups in total. The van der Waals surface area contributed by atoms with Crippen LogP contribution in [0.4, 0.5) is 17.1 Å². The maximum absolute atomic E-state index is 14.3. The lowest BCUT2D eigenvalue weighted by atomic mass is 9.96. The second kappa shape index (κ2) is 8.03. The highest BCUT2D eigenvalue weighted by Gasteiger charge is 2.36. The molecule has 0 saturated heterocycles. The number of pyridine rings is 2. The Morgan fingerprint density at radius 3 is 2.53 bits per heavy atom. The number of aromatic amines is 1. The summed E-state index contributed by atoms with van der Waals surface area (Å²) in [5.74, 6) is -0.614. The molecule has 3 heterocycles. The van der Waals surface area contributed by atoms with Gasteiger partial charge in [0.25, 0.3) is 0 Å². The van der Waals surface area contributed by atoms with Crippen LogP contribution in [0.1, 0.15) is 30.0 Å². The molecule has 0 aliphatic heterocycles. The van der Waals surface area contributed by atoms with Gasteiger partial charge in [0, 0.05) is 34.1 Å². The number of nitrogens with zero attached hydrogens (tertiary/aromatic N) is 3. The first-order valence-corrected chi connectivity index (χ1v) is 12.5. The van der Waals surface area contributed by atoms with Crippen molar-refractivity contribution in [2.45, 2.75) is 25.1 Å². The van der Waals surface area contributed by atoms with Gasteiger partial charge < -0.3 is 13.7 Å². The van der Waals surface area contributed by atoms with E-state index in [0.717, 1.165) is 37.4 Å². The van der Waals surface area contributed by atoms with Crippen molar-refractivity contribution in [3.05, 3.63) is 70.1 Å². The third kappa shape index (κ3) is 3.93. The molecule has 0 bridgehead atoms. The van der Waals surface area contributed by atoms with Crippen molar-refractivity contribution in [1.29, 1.82) is 5.26 Å². The molecule has 6 rings (SSSR count). The van der Waals surface area contributed by atoms with E-state index in [0.29, 0.717) is 22.1 Å². The van der Waals surface area contributed by atoms with Crippen LogP contribution in [0.15, 0.2) is 53.6 Å². The predicted octanol–water partition coefficient (Wildman–Crippen LogP) is 5.52. The first kappa shape index (κ1) is 23.9. The summed E-state index contributed by atoms with van der Waals surface area (Å²) in [5.41, 5.74) is -0.856. The fourth-order valence-corrected chi connectivity index (χ4v) is 5.12. The number of hydrogen-bond donors (Lipinski definition) is 1. The topological polar surface area (TPSA) is 118 Å². The minimum Gasteiger partial charge on any atom is -0.357 e. The van der Waals surface area contributed by atoms with Gasteiger partial charge in [0.2, 0.25) is 0 Å². The minimum absolute atomic E-state index is 0.0850. The number of aromatic nitrogens is 3. The molecule has 1 saturated carbocycles. The maximum atomic E-state index is 14.3. The summed E-state index contributed by atoms with van der Waals surface area (Å²) in [5, 5.41) is 9.80. The summed E-state index contributed by atoms with van der Waals surface area (Å²) in [6.07, 6.45) is -1.53. The zero-order chi connectivity index (χ0) is 27.0. The molecule has 1 aliphatic rings. The molecule has 38 heavy (non-hydrogen) atoms. The Morgan fingerprint density at radius 1 is 1.11 bits per heavy atom. The van der Waals surface area contributed by atoms with Gasteiger partial charge in [0.1, 0.15) is 5.65 Å². The van der Waals surface area contributed by atoms with Gasteiger partial charge in [-0.2, -0.15) is 26.9 Å². The van der Waals surface area contributed by atoms with Gasteiger partial charge in [0.05, 0.1) is 34.3 Å². The first-order chi connectivity index (χ1) is 17.9. The third-order valence-corrected chi connectivity index (χ3v) is 6.84. The molecule has 0 atom stereocenters. The van der Waals surface area contributed by atoms with Gasteiger partial charge in [-0.3, -0.25) is 9.78 Å². The van der Waals surface area contributed by atoms with Gasteiger partial charge in [-0.1, -0.05) is 9.95 Å². The van der Waals surface area contributed by atoms with Gasteiger partial charge in [0.15, 0.2) is 11.2 Å². The monoisotopic (exact) mass is 542 g/mol. The van der Waals surface area contributed by atoms with Crippen molar-refractivity contribution in [2.75, 3.05) is 0 Å². The number of nitrogens with one attached hydrogen (secondary N) is 1. The largest absolute Gasteiger partial charge is 0.488 e. The Balaban J connectivity index is 1.72. The molecular weight excluding hydrogens is 528 g/mol. The summed E-state index contributed by atoms with van der Waals surface area (Å²) >= 11 is 0. The first-order valence-electron chi connectivity index (χ1n) is 11.2. The molecule has 13 heteroatoms. The van der Waals surface area contributed by atoms with Crippen LogP contribution in [0, 0.1) is 11.3 Å². The van der Waals surface area contributed by atoms with E-state index >= 15 is 0 Å². The molecule has 1 fully saturated rings. The quantitative estimate of drug-likeness (QED) is 0.236. The van der Waals surface area contributed by atoms with E-state index < -0.39 is 39.0 Å². The summed E-state index contributed by atoms with van der Waals surface area (Å²) in [4.78, 5) is 20.5. The number of benzene rings is 2. The van der Waals surface area contributed by atoms with E-state index in [1.54, 1.807) is 16.7 Å². The second-order valence-corrected chi connectivity index (χ2v) is 9.90. The standard InChI is InChI=1S/C25H14F4N4O4S/c26-25(27,28)19-7-18-21(8-17(19)13-6-15(11-31-10-13)37-38(29,35)36)33(14-2-3-14)24-22(23(18)34)16-4-1-12(9-30)5-20(16)32-24/h1,4-8,10-11,14,32H,2-3H2. The number of fused-ring (bicyclic) bond motifs is 4. The highest BCUT2D eigenvalue weighted by atomic mass is 32.3. The van der Waals surface area contributed by atoms with Crippen molar-refractivity contribution in [3.63, 3.8) is 0 Å². The van der Waals surface area contributed by atoms with Crippen LogP contribution in [-0.2, 0) is 16.7 Å². The summed E-state index contributed by atoms with van der Waals surface area (Å²) in [7, 11) is -5.44. The van der Waals surface area contributed by atoms with E-state index in [1.165, 1.54) is 12.1 Å². The fraction of sp³-hybridized carbons (Fsp3) is 0.160. The second-order valence-electron chi connectivity index (χ2n) is 8.95. The van der Waals surface area contributed by atoms with Gasteiger partial charge in [-0.25, -0.2) is 0 Å². The van der Waals surface area contributed by atoms with Crippen LogP contribution < -0.4 is 9.61 Å². The van der Waals surface area contributed by atoms with Crippen molar-refractivity contribution < 1.29 is 29.7 Å². The van der Waals surface area contributed by atoms with E-state index in [9.17, 15) is 35.5 Å². The number of alkyl halides is 3. The molecular formula is C25H14F4N4O4S. The highest BCUT2D eigenvalue weighted by Crippen LogP contribution is 2.44. The number of halogens is 4. The molecule has 1 aliphatic carbocycles. The van der Waals surface area contributed by atoms with Crippen LogP contribution in [0.3, 0.4) is 0 Å². The molecule has 192 valence electrons. The van der Waals surface area contributed by atoms with E-state index in [2.05, 4.69) is 14.2 Å². The lowest BCUT2D eigenvalue weighted by Gasteiger charge is -2.18. The van der Waals surface area contributed by atoms with Crippen molar-refractivity contribution in [1.82, 2.24) is 14.5 Å². The Morgan fingerprint density at radius 2 is 1.87 bits per heavy atom. The van der Waals surface area contributed by atoms with Crippen LogP contribution in [-0.4, -0.2) is 23.0 Å². The fourth-order valence-electron chi connectivity index (χ4n) is 4.80. The minimum atomic E-state index is -5.44. The summed E-state index contributed by atoms with van der Waals surface area (Å²) in [6, 6.07) is 9.52. The van der Waals surface area contributed by atoms with E-state index in [1.807, 2.05) is 6.07 Å². The smallest absolute Gasteiger partial charge is 0.357 e. The highest BCUT2D eigenvalue weighted by molar-refractivity contribution is 7.81. The third-order valence-electron chi connectivity index (χ3n) is 6.45. The maximum Gasteiger partial charge on any atom is 0.488 e. The molecule has 8 nitrogen and oxygen atoms in total. The van der Waals surface area contributed by atoms with Crippen LogP contribution in [0.5, 0.6) is 5.75 Å². The molecule has 0 unspecified atom stereocenters. The van der Waals surface area contributed by atoms with Crippen LogP contribution in [0.2, 0.25) is 0 Å². The number of rotatable bonds is 4. The van der Waals surface area contributed by atoms with Gasteiger partial charge in [-0.05, 0) is 48.7 Å². The summed E-state index contributed by atoms with van der Waals surface area (Å²) in [6.45, 7) is 0. The molecule has 2 aromatic carbocycles. The Kier molecular flexibility index (Phi) is 5.06. The summed E-state index contributed by atoms with van der Waals surface area (Å²) < 4.78 is 83.6. The Bertz CT molecular complexity index is 2020. The zero-order valence-electron chi connectivity index (χ0n) is 19.0. The lowest BCUT2D eigenvalue weighted by molar-refractivity contribution is -0.137. The Labute approximate surface area is 211 Å². The van der Waals surface area contributed by atoms with E-state index in [-0.39, 0.29) is 27.9 Å². The van der Waals surface area contributed by atoms with Crippen LogP contribution in [0.25, 0.3) is 44.0 Å². The van der Waals surface area contributed by atoms with E-state index in [4.69, 9.17) is 0 Å². The van der Waals surface area contributed by atoms with Crippen molar-refractivity contribution in [2.24, 2.45) is 0 Å². The molecule has 0 spiro atoms. The normalized spacial score (nSPS) is 14.3. The average Bonchev–Trinajstić information content (AvgIpc) is 3.61. The average molecular weight is 542 g/mol. The van der Waals surface area contributed by atoms with Crippen LogP contribution >= 0.6 is 0 Å². The molecule has 5 aromatic rings. The van der Waals surface area contributed by atoms with Gasteiger partial charge >= 0.3 is 16.7 Å². The Hall–Kier alpha value is -4.44. The number of nitriles is 1. The van der Waals surface area contributed by atoms with Crippen molar-refractivity contribution in [3.8, 4) is 22.9 Å². The lowest BCUT2D eigenvalue weighted by Crippen LogP contribution is -2.14. The van der Waals surface area contributed by atoms with Crippen molar-refractivity contribution >= 4 is 43.3 Å². The van der Waals surface area contributed by atoms with Gasteiger partial charge in [-0.15, -0.1) is 0 Å². The molecule has 0 radical (unpaired) electrons.